The molecule has 1 atom stereocenters. The van der Waals surface area contributed by atoms with Gasteiger partial charge in [-0.15, -0.1) is 0 Å². The van der Waals surface area contributed by atoms with Crippen LogP contribution in [0, 0.1) is 6.92 Å². The summed E-state index contributed by atoms with van der Waals surface area (Å²) in [6, 6.07) is 7.69. The molecule has 132 valence electrons. The fourth-order valence-corrected chi connectivity index (χ4v) is 4.27. The Hall–Kier alpha value is -0.790. The van der Waals surface area contributed by atoms with E-state index in [9.17, 15) is 4.57 Å². The van der Waals surface area contributed by atoms with Gasteiger partial charge in [-0.05, 0) is 31.4 Å². The van der Waals surface area contributed by atoms with Crippen molar-refractivity contribution in [3.8, 4) is 5.75 Å². The molecule has 1 rings (SSSR count). The van der Waals surface area contributed by atoms with E-state index in [0.717, 1.165) is 31.2 Å². The zero-order valence-corrected chi connectivity index (χ0v) is 15.9. The van der Waals surface area contributed by atoms with Crippen LogP contribution >= 0.6 is 7.60 Å². The highest BCUT2D eigenvalue weighted by Gasteiger charge is 2.25. The summed E-state index contributed by atoms with van der Waals surface area (Å²) >= 11 is 0. The van der Waals surface area contributed by atoms with Crippen LogP contribution in [0.25, 0.3) is 0 Å². The average molecular weight is 340 g/mol. The third-order valence-corrected chi connectivity index (χ3v) is 5.82. The number of aryl methyl sites for hydroxylation is 1. The number of hydrogen-bond acceptors (Lipinski definition) is 3. The van der Waals surface area contributed by atoms with E-state index >= 15 is 0 Å². The van der Waals surface area contributed by atoms with Crippen LogP contribution < -0.4 is 4.52 Å². The van der Waals surface area contributed by atoms with Crippen molar-refractivity contribution in [2.24, 2.45) is 0 Å². The van der Waals surface area contributed by atoms with Crippen LogP contribution in [0.5, 0.6) is 5.75 Å². The number of unbranched alkanes of at least 4 members (excludes halogenated alkanes) is 6. The normalized spacial score (nSPS) is 13.7. The Morgan fingerprint density at radius 1 is 0.913 bits per heavy atom. The third-order valence-electron chi connectivity index (χ3n) is 3.90. The molecule has 1 aromatic carbocycles. The molecule has 0 aliphatic rings. The summed E-state index contributed by atoms with van der Waals surface area (Å²) in [6.45, 7) is 6.80. The van der Waals surface area contributed by atoms with Gasteiger partial charge in [-0.3, -0.25) is 4.52 Å². The molecule has 0 saturated heterocycles. The largest absolute Gasteiger partial charge is 0.424 e. The van der Waals surface area contributed by atoms with Crippen molar-refractivity contribution in [2.45, 2.75) is 72.1 Å². The van der Waals surface area contributed by atoms with Crippen molar-refractivity contribution in [3.63, 3.8) is 0 Å². The zero-order valence-electron chi connectivity index (χ0n) is 15.1. The van der Waals surface area contributed by atoms with Crippen LogP contribution in [0.15, 0.2) is 24.3 Å². The Labute approximate surface area is 142 Å². The molecule has 0 spiro atoms. The van der Waals surface area contributed by atoms with Crippen LogP contribution in [0.4, 0.5) is 0 Å². The summed E-state index contributed by atoms with van der Waals surface area (Å²) in [7, 11) is -3.05. The summed E-state index contributed by atoms with van der Waals surface area (Å²) in [6.07, 6.45) is 9.50. The first kappa shape index (κ1) is 20.3. The lowest BCUT2D eigenvalue weighted by atomic mass is 10.1. The minimum absolute atomic E-state index is 0.494. The molecular formula is C19H33O3P. The zero-order chi connectivity index (χ0) is 17.0. The standard InChI is InChI=1S/C19H33O3P/c1-4-6-8-9-10-13-16-21-23(20,17-7-5-2)22-19-15-12-11-14-18(19)3/h11-12,14-15H,4-10,13,16-17H2,1-3H3. The fraction of sp³-hybridized carbons (Fsp3) is 0.684. The molecule has 0 N–H and O–H groups in total. The topological polar surface area (TPSA) is 35.5 Å². The molecule has 23 heavy (non-hydrogen) atoms. The summed E-state index contributed by atoms with van der Waals surface area (Å²) in [5.41, 5.74) is 0.993. The number of hydrogen-bond donors (Lipinski definition) is 0. The van der Waals surface area contributed by atoms with E-state index in [0.29, 0.717) is 18.5 Å². The highest BCUT2D eigenvalue weighted by Crippen LogP contribution is 2.49. The summed E-state index contributed by atoms with van der Waals surface area (Å²) in [4.78, 5) is 0. The first-order valence-electron chi connectivity index (χ1n) is 9.10. The highest BCUT2D eigenvalue weighted by atomic mass is 31.2. The predicted octanol–water partition coefficient (Wildman–Crippen LogP) is 6.74. The van der Waals surface area contributed by atoms with E-state index in [1.165, 1.54) is 25.7 Å². The van der Waals surface area contributed by atoms with Gasteiger partial charge in [0.1, 0.15) is 5.75 Å². The van der Waals surface area contributed by atoms with Crippen LogP contribution in [0.3, 0.4) is 0 Å². The van der Waals surface area contributed by atoms with Crippen molar-refractivity contribution in [2.75, 3.05) is 12.8 Å². The van der Waals surface area contributed by atoms with E-state index in [2.05, 4.69) is 13.8 Å². The second-order valence-corrected chi connectivity index (χ2v) is 8.26. The van der Waals surface area contributed by atoms with Crippen molar-refractivity contribution in [3.05, 3.63) is 29.8 Å². The van der Waals surface area contributed by atoms with Gasteiger partial charge in [0.15, 0.2) is 0 Å². The van der Waals surface area contributed by atoms with Crippen molar-refractivity contribution in [1.82, 2.24) is 0 Å². The van der Waals surface area contributed by atoms with Crippen molar-refractivity contribution in [1.29, 1.82) is 0 Å². The van der Waals surface area contributed by atoms with Gasteiger partial charge in [-0.25, -0.2) is 4.57 Å². The van der Waals surface area contributed by atoms with Gasteiger partial charge < -0.3 is 4.52 Å². The second-order valence-electron chi connectivity index (χ2n) is 6.15. The Morgan fingerprint density at radius 2 is 1.57 bits per heavy atom. The van der Waals surface area contributed by atoms with E-state index in [1.807, 2.05) is 31.2 Å². The second kappa shape index (κ2) is 11.7. The minimum Gasteiger partial charge on any atom is -0.424 e. The quantitative estimate of drug-likeness (QED) is 0.294. The molecule has 1 unspecified atom stereocenters. The van der Waals surface area contributed by atoms with Gasteiger partial charge in [0.25, 0.3) is 0 Å². The fourth-order valence-electron chi connectivity index (χ4n) is 2.38. The van der Waals surface area contributed by atoms with Gasteiger partial charge in [0.2, 0.25) is 0 Å². The minimum atomic E-state index is -3.05. The SMILES string of the molecule is CCCCCCCCOP(=O)(CCCC)Oc1ccccc1C. The van der Waals surface area contributed by atoms with Crippen LogP contribution in [0.1, 0.15) is 70.8 Å². The first-order valence-corrected chi connectivity index (χ1v) is 10.8. The van der Waals surface area contributed by atoms with Gasteiger partial charge in [0.05, 0.1) is 12.8 Å². The highest BCUT2D eigenvalue weighted by molar-refractivity contribution is 7.54. The molecule has 0 aliphatic carbocycles. The maximum atomic E-state index is 13.0. The molecule has 0 radical (unpaired) electrons. The Kier molecular flexibility index (Phi) is 10.3. The third kappa shape index (κ3) is 8.58. The smallest absolute Gasteiger partial charge is 0.379 e. The Balaban J connectivity index is 2.47. The predicted molar refractivity (Wildman–Crippen MR) is 98.5 cm³/mol. The molecule has 0 aromatic heterocycles. The van der Waals surface area contributed by atoms with E-state index < -0.39 is 7.60 Å². The van der Waals surface area contributed by atoms with E-state index in [-0.39, 0.29) is 0 Å². The summed E-state index contributed by atoms with van der Waals surface area (Å²) in [5, 5.41) is 0. The Bertz CT molecular complexity index is 473. The maximum absolute atomic E-state index is 13.0. The number of benzene rings is 1. The molecule has 0 amide bonds. The number of rotatable bonds is 13. The molecular weight excluding hydrogens is 307 g/mol. The van der Waals surface area contributed by atoms with Gasteiger partial charge in [-0.1, -0.05) is 70.6 Å². The van der Waals surface area contributed by atoms with Gasteiger partial charge in [0, 0.05) is 0 Å². The van der Waals surface area contributed by atoms with Gasteiger partial charge in [-0.2, -0.15) is 0 Å². The van der Waals surface area contributed by atoms with Crippen LogP contribution in [0.2, 0.25) is 0 Å². The first-order chi connectivity index (χ1) is 11.1. The summed E-state index contributed by atoms with van der Waals surface area (Å²) < 4.78 is 24.5. The lowest BCUT2D eigenvalue weighted by Gasteiger charge is -2.20. The van der Waals surface area contributed by atoms with E-state index in [4.69, 9.17) is 9.05 Å². The molecule has 0 heterocycles. The van der Waals surface area contributed by atoms with Crippen molar-refractivity contribution >= 4 is 7.60 Å². The Morgan fingerprint density at radius 3 is 2.26 bits per heavy atom. The maximum Gasteiger partial charge on any atom is 0.379 e. The molecule has 0 fully saturated rings. The molecule has 4 heteroatoms. The lowest BCUT2D eigenvalue weighted by molar-refractivity contribution is 0.256. The summed E-state index contributed by atoms with van der Waals surface area (Å²) in [5.74, 6) is 0.676. The molecule has 0 bridgehead atoms. The molecule has 3 nitrogen and oxygen atoms in total. The molecule has 0 saturated carbocycles. The average Bonchev–Trinajstić information content (AvgIpc) is 2.54. The molecule has 0 aliphatic heterocycles. The van der Waals surface area contributed by atoms with Gasteiger partial charge >= 0.3 is 7.60 Å². The van der Waals surface area contributed by atoms with Crippen molar-refractivity contribution < 1.29 is 13.6 Å². The van der Waals surface area contributed by atoms with E-state index in [1.54, 1.807) is 0 Å². The van der Waals surface area contributed by atoms with Crippen LogP contribution in [-0.4, -0.2) is 12.8 Å². The van der Waals surface area contributed by atoms with Crippen LogP contribution in [-0.2, 0) is 9.09 Å². The lowest BCUT2D eigenvalue weighted by Crippen LogP contribution is -2.05. The number of para-hydroxylation sites is 1. The molecule has 1 aromatic rings. The monoisotopic (exact) mass is 340 g/mol.